The summed E-state index contributed by atoms with van der Waals surface area (Å²) < 4.78 is 12.2. The van der Waals surface area contributed by atoms with E-state index < -0.39 is 0 Å². The van der Waals surface area contributed by atoms with Gasteiger partial charge in [0.2, 0.25) is 0 Å². The molecule has 1 aliphatic carbocycles. The molecule has 7 nitrogen and oxygen atoms in total. The Morgan fingerprint density at radius 2 is 2.00 bits per heavy atom. The molecule has 0 bridgehead atoms. The SMILES string of the molecule is COCCOc1cccc(C2CCc3c(cnn(-c4ncccn4)c3=O)C2)c1C. The number of nitrogens with zero attached hydrogens (tertiary/aromatic N) is 4. The van der Waals surface area contributed by atoms with Crippen molar-refractivity contribution in [3.05, 3.63) is 75.5 Å². The van der Waals surface area contributed by atoms with Crippen LogP contribution in [-0.4, -0.2) is 40.1 Å². The molecule has 150 valence electrons. The van der Waals surface area contributed by atoms with E-state index in [9.17, 15) is 4.79 Å². The van der Waals surface area contributed by atoms with Crippen molar-refractivity contribution in [3.8, 4) is 11.7 Å². The van der Waals surface area contributed by atoms with Gasteiger partial charge in [-0.1, -0.05) is 12.1 Å². The van der Waals surface area contributed by atoms with E-state index in [1.165, 1.54) is 10.2 Å². The minimum atomic E-state index is -0.125. The van der Waals surface area contributed by atoms with Gasteiger partial charge in [0.15, 0.2) is 0 Å². The van der Waals surface area contributed by atoms with E-state index in [1.54, 1.807) is 31.8 Å². The Kier molecular flexibility index (Phi) is 5.67. The molecule has 7 heteroatoms. The number of fused-ring (bicyclic) bond motifs is 1. The van der Waals surface area contributed by atoms with Crippen LogP contribution in [0.3, 0.4) is 0 Å². The first kappa shape index (κ1) is 19.3. The molecule has 1 atom stereocenters. The number of ether oxygens (including phenoxy) is 2. The summed E-state index contributed by atoms with van der Waals surface area (Å²) in [6.07, 6.45) is 7.41. The first-order valence-corrected chi connectivity index (χ1v) is 9.77. The normalized spacial score (nSPS) is 15.7. The van der Waals surface area contributed by atoms with Gasteiger partial charge in [-0.25, -0.2) is 9.97 Å². The second kappa shape index (κ2) is 8.53. The predicted octanol–water partition coefficient (Wildman–Crippen LogP) is 2.63. The van der Waals surface area contributed by atoms with Crippen LogP contribution in [0.25, 0.3) is 5.95 Å². The fourth-order valence-corrected chi connectivity index (χ4v) is 3.93. The van der Waals surface area contributed by atoms with Crippen LogP contribution in [0.15, 0.2) is 47.7 Å². The smallest absolute Gasteiger partial charge is 0.277 e. The maximum atomic E-state index is 12.9. The summed E-state index contributed by atoms with van der Waals surface area (Å²) in [5.41, 5.74) is 4.11. The highest BCUT2D eigenvalue weighted by Gasteiger charge is 2.25. The largest absolute Gasteiger partial charge is 0.491 e. The van der Waals surface area contributed by atoms with E-state index in [1.807, 2.05) is 12.1 Å². The predicted molar refractivity (Wildman–Crippen MR) is 109 cm³/mol. The third-order valence-electron chi connectivity index (χ3n) is 5.43. The van der Waals surface area contributed by atoms with Crippen molar-refractivity contribution in [3.63, 3.8) is 0 Å². The summed E-state index contributed by atoms with van der Waals surface area (Å²) in [6, 6.07) is 7.89. The number of rotatable bonds is 6. The molecule has 0 amide bonds. The van der Waals surface area contributed by atoms with Crippen LogP contribution >= 0.6 is 0 Å². The zero-order chi connectivity index (χ0) is 20.2. The lowest BCUT2D eigenvalue weighted by atomic mass is 9.79. The lowest BCUT2D eigenvalue weighted by Crippen LogP contribution is -2.30. The van der Waals surface area contributed by atoms with Crippen LogP contribution in [0.1, 0.15) is 34.6 Å². The average Bonchev–Trinajstić information content (AvgIpc) is 2.76. The summed E-state index contributed by atoms with van der Waals surface area (Å²) in [6.45, 7) is 3.18. The van der Waals surface area contributed by atoms with E-state index in [-0.39, 0.29) is 5.56 Å². The number of hydrogen-bond acceptors (Lipinski definition) is 6. The van der Waals surface area contributed by atoms with Crippen molar-refractivity contribution in [2.45, 2.75) is 32.1 Å². The highest BCUT2D eigenvalue weighted by atomic mass is 16.5. The Labute approximate surface area is 169 Å². The Hall–Kier alpha value is -3.06. The van der Waals surface area contributed by atoms with E-state index in [0.717, 1.165) is 35.3 Å². The second-order valence-electron chi connectivity index (χ2n) is 7.17. The molecule has 0 aliphatic heterocycles. The molecule has 1 aliphatic rings. The Bertz CT molecular complexity index is 1050. The number of benzene rings is 1. The van der Waals surface area contributed by atoms with Crippen molar-refractivity contribution in [2.24, 2.45) is 0 Å². The van der Waals surface area contributed by atoms with Crippen molar-refractivity contribution in [1.29, 1.82) is 0 Å². The molecule has 0 fully saturated rings. The maximum absolute atomic E-state index is 12.9. The number of hydrogen-bond donors (Lipinski definition) is 0. The molecule has 1 aromatic carbocycles. The fourth-order valence-electron chi connectivity index (χ4n) is 3.93. The van der Waals surface area contributed by atoms with Crippen molar-refractivity contribution < 1.29 is 9.47 Å². The van der Waals surface area contributed by atoms with Crippen LogP contribution in [0.5, 0.6) is 5.75 Å². The quantitative estimate of drug-likeness (QED) is 0.600. The molecule has 29 heavy (non-hydrogen) atoms. The molecule has 0 radical (unpaired) electrons. The lowest BCUT2D eigenvalue weighted by molar-refractivity contribution is 0.146. The van der Waals surface area contributed by atoms with Gasteiger partial charge in [-0.3, -0.25) is 4.79 Å². The highest BCUT2D eigenvalue weighted by molar-refractivity contribution is 5.43. The molecular weight excluding hydrogens is 368 g/mol. The van der Waals surface area contributed by atoms with Crippen molar-refractivity contribution in [1.82, 2.24) is 19.7 Å². The minimum Gasteiger partial charge on any atom is -0.491 e. The van der Waals surface area contributed by atoms with Gasteiger partial charge >= 0.3 is 0 Å². The van der Waals surface area contributed by atoms with Gasteiger partial charge in [-0.05, 0) is 60.9 Å². The van der Waals surface area contributed by atoms with Gasteiger partial charge in [0.05, 0.1) is 12.8 Å². The topological polar surface area (TPSA) is 79.1 Å². The first-order chi connectivity index (χ1) is 14.2. The van der Waals surface area contributed by atoms with Crippen LogP contribution < -0.4 is 10.3 Å². The zero-order valence-electron chi connectivity index (χ0n) is 16.7. The van der Waals surface area contributed by atoms with E-state index in [0.29, 0.717) is 31.5 Å². The van der Waals surface area contributed by atoms with Gasteiger partial charge in [0.25, 0.3) is 11.5 Å². The lowest BCUT2D eigenvalue weighted by Gasteiger charge is -2.26. The minimum absolute atomic E-state index is 0.125. The maximum Gasteiger partial charge on any atom is 0.277 e. The zero-order valence-corrected chi connectivity index (χ0v) is 16.7. The van der Waals surface area contributed by atoms with Gasteiger partial charge in [-0.2, -0.15) is 9.78 Å². The Morgan fingerprint density at radius 3 is 2.79 bits per heavy atom. The molecule has 0 saturated carbocycles. The third kappa shape index (κ3) is 3.91. The Balaban J connectivity index is 1.59. The summed E-state index contributed by atoms with van der Waals surface area (Å²) in [4.78, 5) is 21.2. The molecule has 2 aromatic heterocycles. The molecule has 4 rings (SSSR count). The van der Waals surface area contributed by atoms with Gasteiger partial charge in [-0.15, -0.1) is 0 Å². The van der Waals surface area contributed by atoms with Crippen LogP contribution in [0, 0.1) is 6.92 Å². The summed E-state index contributed by atoms with van der Waals surface area (Å²) in [7, 11) is 1.66. The van der Waals surface area contributed by atoms with E-state index >= 15 is 0 Å². The number of methoxy groups -OCH3 is 1. The second-order valence-corrected chi connectivity index (χ2v) is 7.17. The highest BCUT2D eigenvalue weighted by Crippen LogP contribution is 2.35. The molecule has 0 spiro atoms. The molecule has 0 N–H and O–H groups in total. The summed E-state index contributed by atoms with van der Waals surface area (Å²) >= 11 is 0. The van der Waals surface area contributed by atoms with Gasteiger partial charge < -0.3 is 9.47 Å². The average molecular weight is 392 g/mol. The van der Waals surface area contributed by atoms with Crippen molar-refractivity contribution >= 4 is 0 Å². The number of aromatic nitrogens is 4. The molecule has 1 unspecified atom stereocenters. The monoisotopic (exact) mass is 392 g/mol. The van der Waals surface area contributed by atoms with Gasteiger partial charge in [0, 0.05) is 25.1 Å². The molecule has 2 heterocycles. The van der Waals surface area contributed by atoms with E-state index in [2.05, 4.69) is 28.1 Å². The third-order valence-corrected chi connectivity index (χ3v) is 5.43. The molecular formula is C22H24N4O3. The van der Waals surface area contributed by atoms with E-state index in [4.69, 9.17) is 9.47 Å². The summed E-state index contributed by atoms with van der Waals surface area (Å²) in [5, 5.41) is 4.32. The van der Waals surface area contributed by atoms with Crippen molar-refractivity contribution in [2.75, 3.05) is 20.3 Å². The van der Waals surface area contributed by atoms with Crippen LogP contribution in [-0.2, 0) is 17.6 Å². The van der Waals surface area contributed by atoms with Crippen LogP contribution in [0.4, 0.5) is 0 Å². The first-order valence-electron chi connectivity index (χ1n) is 9.77. The molecule has 3 aromatic rings. The van der Waals surface area contributed by atoms with Gasteiger partial charge in [0.1, 0.15) is 12.4 Å². The van der Waals surface area contributed by atoms with Crippen LogP contribution in [0.2, 0.25) is 0 Å². The Morgan fingerprint density at radius 1 is 1.17 bits per heavy atom. The fraction of sp³-hybridized carbons (Fsp3) is 0.364. The summed E-state index contributed by atoms with van der Waals surface area (Å²) in [5.74, 6) is 1.53. The standard InChI is InChI=1S/C22H24N4O3/c1-15-18(5-3-6-20(15)29-12-11-28-2)16-7-8-19-17(13-16)14-25-26(21(19)27)22-23-9-4-10-24-22/h3-6,9-10,14,16H,7-8,11-13H2,1-2H3. The molecule has 0 saturated heterocycles.